The molecule has 0 unspecified atom stereocenters. The number of amides is 1. The van der Waals surface area contributed by atoms with E-state index in [2.05, 4.69) is 34.3 Å². The molecule has 166 valence electrons. The molecule has 5 nitrogen and oxygen atoms in total. The van der Waals surface area contributed by atoms with Crippen molar-refractivity contribution in [2.45, 2.75) is 37.3 Å². The number of hydrogen-bond acceptors (Lipinski definition) is 6. The topological polar surface area (TPSA) is 54.7 Å². The van der Waals surface area contributed by atoms with Gasteiger partial charge in [0.05, 0.1) is 5.91 Å². The fourth-order valence-electron chi connectivity index (χ4n) is 4.99. The Morgan fingerprint density at radius 3 is 2.57 bits per heavy atom. The molecule has 1 amide bonds. The Bertz CT molecular complexity index is 670. The van der Waals surface area contributed by atoms with E-state index in [9.17, 15) is 4.79 Å². The second kappa shape index (κ2) is 13.6. The van der Waals surface area contributed by atoms with Crippen LogP contribution in [0.25, 0.3) is 5.32 Å². The van der Waals surface area contributed by atoms with Gasteiger partial charge in [0.2, 0.25) is 0 Å². The van der Waals surface area contributed by atoms with Gasteiger partial charge in [-0.2, -0.15) is 18.1 Å². The first-order valence-corrected chi connectivity index (χ1v) is 12.5. The molecule has 4 atom stereocenters. The maximum atomic E-state index is 12.2. The Balaban J connectivity index is 0.00000155. The van der Waals surface area contributed by atoms with E-state index in [1.165, 1.54) is 18.4 Å². The number of halogens is 1. The van der Waals surface area contributed by atoms with Crippen LogP contribution in [0.4, 0.5) is 0 Å². The number of benzene rings is 1. The zero-order chi connectivity index (χ0) is 22.1. The fourth-order valence-corrected chi connectivity index (χ4v) is 5.47. The second-order valence-corrected chi connectivity index (χ2v) is 9.19. The normalized spacial score (nSPS) is 25.6. The molecule has 2 aliphatic rings. The van der Waals surface area contributed by atoms with Crippen molar-refractivity contribution in [1.29, 1.82) is 0 Å². The van der Waals surface area contributed by atoms with Gasteiger partial charge in [0.1, 0.15) is 0 Å². The summed E-state index contributed by atoms with van der Waals surface area (Å²) in [6, 6.07) is 9.53. The molecular formula is C21H29ClN3O2S2Tc. The summed E-state index contributed by atoms with van der Waals surface area (Å²) >= 11 is 17.2. The van der Waals surface area contributed by atoms with Gasteiger partial charge in [-0.25, -0.2) is 0 Å². The molecule has 0 saturated carbocycles. The molecule has 3 rings (SSSR count). The summed E-state index contributed by atoms with van der Waals surface area (Å²) in [5.41, 5.74) is 1.36. The molecule has 0 aliphatic carbocycles. The number of piperidine rings is 1. The van der Waals surface area contributed by atoms with Crippen LogP contribution < -0.4 is 0 Å². The second-order valence-electron chi connectivity index (χ2n) is 7.94. The Kier molecular flexibility index (Phi) is 11.9. The number of fused-ring (bicyclic) bond motifs is 2. The monoisotopic (exact) mass is 553 g/mol. The first-order chi connectivity index (χ1) is 14.5. The van der Waals surface area contributed by atoms with Crippen LogP contribution in [-0.4, -0.2) is 72.5 Å². The molecule has 1 aromatic carbocycles. The van der Waals surface area contributed by atoms with Crippen LogP contribution >= 0.6 is 11.6 Å². The van der Waals surface area contributed by atoms with E-state index in [-0.39, 0.29) is 5.91 Å². The first-order valence-electron chi connectivity index (χ1n) is 10.2. The first kappa shape index (κ1) is 26.3. The van der Waals surface area contributed by atoms with Crippen molar-refractivity contribution in [3.63, 3.8) is 0 Å². The summed E-state index contributed by atoms with van der Waals surface area (Å²) in [5, 5.41) is 4.84. The third-order valence-electron chi connectivity index (χ3n) is 6.34. The molecule has 0 spiro atoms. The molecule has 2 bridgehead atoms. The summed E-state index contributed by atoms with van der Waals surface area (Å²) in [5.74, 6) is 1.99. The van der Waals surface area contributed by atoms with Crippen molar-refractivity contribution < 1.29 is 27.2 Å². The molecule has 2 heterocycles. The quantitative estimate of drug-likeness (QED) is 0.438. The standard InChI is InChI=1S/C21H32ClN3OS2.O.Tc/c1-24-17-6-7-20(24)19(18(12-17)15-2-4-16(22)5-3-15)13-25(9-11-28)14-21(26)23-8-10-27;;/h2-5,17-20H,6-14H2,1H3,(H3,23,26,27,28);;/q;;+3/p-3/t17-,18+,19-,20+;;/m0../s1/i;;1+1. The molecule has 0 aromatic heterocycles. The number of hydrogen-bond donors (Lipinski definition) is 0. The number of carbonyl (C=O) groups is 1. The SMILES string of the molecule is CN1[C@H]2CC[C@@H]1[C@@H](CN(CC[S-])CC(=O)[N-]CC[S-])[C@@H](c1ccc(Cl)cc1)C2.[O]=[99Tc+3]. The predicted octanol–water partition coefficient (Wildman–Crippen LogP) is 3.08. The van der Waals surface area contributed by atoms with Gasteiger partial charge in [-0.05, 0) is 62.4 Å². The van der Waals surface area contributed by atoms with Gasteiger partial charge in [0.15, 0.2) is 0 Å². The molecule has 1 aromatic rings. The maximum absolute atomic E-state index is 12.2. The van der Waals surface area contributed by atoms with Crippen molar-refractivity contribution in [3.8, 4) is 0 Å². The van der Waals surface area contributed by atoms with E-state index in [0.717, 1.165) is 43.4 Å². The van der Waals surface area contributed by atoms with Crippen LogP contribution in [0.15, 0.2) is 24.3 Å². The van der Waals surface area contributed by atoms with Gasteiger partial charge in [0.25, 0.3) is 0 Å². The van der Waals surface area contributed by atoms with Crippen LogP contribution in [0, 0.1) is 5.92 Å². The Labute approximate surface area is 206 Å². The van der Waals surface area contributed by atoms with E-state index in [0.29, 0.717) is 48.5 Å². The van der Waals surface area contributed by atoms with Crippen molar-refractivity contribution in [3.05, 3.63) is 40.2 Å². The van der Waals surface area contributed by atoms with Crippen LogP contribution in [0.1, 0.15) is 30.7 Å². The third-order valence-corrected chi connectivity index (χ3v) is 6.96. The zero-order valence-corrected chi connectivity index (χ0v) is 21.5. The summed E-state index contributed by atoms with van der Waals surface area (Å²) in [6.07, 6.45) is 3.65. The summed E-state index contributed by atoms with van der Waals surface area (Å²) in [7, 11) is 2.26. The molecule has 2 aliphatic heterocycles. The number of rotatable bonds is 9. The minimum atomic E-state index is -0.0789. The fraction of sp³-hybridized carbons (Fsp3) is 0.667. The van der Waals surface area contributed by atoms with Crippen molar-refractivity contribution in [2.24, 2.45) is 5.92 Å². The number of nitrogens with zero attached hydrogens (tertiary/aromatic N) is 3. The van der Waals surface area contributed by atoms with Crippen molar-refractivity contribution in [2.75, 3.05) is 44.7 Å². The van der Waals surface area contributed by atoms with E-state index < -0.39 is 0 Å². The Hall–Kier alpha value is 0.0494. The van der Waals surface area contributed by atoms with Crippen LogP contribution in [-0.2, 0) is 52.4 Å². The predicted molar refractivity (Wildman–Crippen MR) is 122 cm³/mol. The molecular weight excluding hydrogens is 525 g/mol. The molecule has 2 fully saturated rings. The summed E-state index contributed by atoms with van der Waals surface area (Å²) < 4.78 is 8.22. The molecule has 2 saturated heterocycles. The van der Waals surface area contributed by atoms with E-state index in [1.54, 1.807) is 0 Å². The van der Waals surface area contributed by atoms with Crippen molar-refractivity contribution in [1.82, 2.24) is 9.80 Å². The Morgan fingerprint density at radius 1 is 1.23 bits per heavy atom. The molecule has 0 radical (unpaired) electrons. The van der Waals surface area contributed by atoms with Gasteiger partial charge >= 0.3 is 22.4 Å². The Morgan fingerprint density at radius 2 is 1.93 bits per heavy atom. The molecule has 0 N–H and O–H groups in total. The van der Waals surface area contributed by atoms with Crippen LogP contribution in [0.3, 0.4) is 0 Å². The van der Waals surface area contributed by atoms with E-state index in [1.807, 2.05) is 12.1 Å². The van der Waals surface area contributed by atoms with E-state index in [4.69, 9.17) is 40.4 Å². The van der Waals surface area contributed by atoms with E-state index >= 15 is 0 Å². The van der Waals surface area contributed by atoms with Gasteiger partial charge < -0.3 is 40.3 Å². The molecule has 9 heteroatoms. The average molecular weight is 554 g/mol. The van der Waals surface area contributed by atoms with Crippen molar-refractivity contribution >= 4 is 42.8 Å². The zero-order valence-electron chi connectivity index (χ0n) is 17.2. The van der Waals surface area contributed by atoms with Gasteiger partial charge in [-0.3, -0.25) is 4.90 Å². The average Bonchev–Trinajstić information content (AvgIpc) is 2.99. The van der Waals surface area contributed by atoms with Gasteiger partial charge in [0, 0.05) is 30.2 Å². The number of carbonyl (C=O) groups excluding carboxylic acids is 1. The minimum absolute atomic E-state index is 0.0789. The summed E-state index contributed by atoms with van der Waals surface area (Å²) in [4.78, 5) is 17.0. The van der Waals surface area contributed by atoms with Gasteiger partial charge in [-0.15, -0.1) is 0 Å². The van der Waals surface area contributed by atoms with Gasteiger partial charge in [-0.1, -0.05) is 23.7 Å². The van der Waals surface area contributed by atoms with Crippen LogP contribution in [0.2, 0.25) is 5.02 Å². The summed E-state index contributed by atoms with van der Waals surface area (Å²) in [6.45, 7) is 2.39. The third kappa shape index (κ3) is 7.03. The van der Waals surface area contributed by atoms with Crippen LogP contribution in [0.5, 0.6) is 0 Å². The molecule has 30 heavy (non-hydrogen) atoms.